The fourth-order valence-corrected chi connectivity index (χ4v) is 4.23. The number of hydrogen-bond acceptors (Lipinski definition) is 5. The summed E-state index contributed by atoms with van der Waals surface area (Å²) in [7, 11) is 0. The van der Waals surface area contributed by atoms with E-state index in [4.69, 9.17) is 16.3 Å². The third-order valence-electron chi connectivity index (χ3n) is 4.28. The molecule has 0 aliphatic carbocycles. The van der Waals surface area contributed by atoms with Gasteiger partial charge in [-0.2, -0.15) is 0 Å². The van der Waals surface area contributed by atoms with Crippen LogP contribution in [0, 0.1) is 5.92 Å². The molecule has 3 aromatic rings. The van der Waals surface area contributed by atoms with Crippen molar-refractivity contribution in [1.82, 2.24) is 14.8 Å². The Bertz CT molecular complexity index is 1040. The second kappa shape index (κ2) is 11.0. The number of nitrogens with zero attached hydrogens (tertiary/aromatic N) is 3. The topological polar surface area (TPSA) is 69.0 Å². The van der Waals surface area contributed by atoms with Crippen LogP contribution in [0.1, 0.15) is 32.7 Å². The number of amides is 1. The zero-order chi connectivity index (χ0) is 22.4. The van der Waals surface area contributed by atoms with E-state index >= 15 is 0 Å². The first kappa shape index (κ1) is 23.6. The number of rotatable bonds is 9. The normalized spacial score (nSPS) is 12.1. The van der Waals surface area contributed by atoms with Crippen LogP contribution in [-0.2, 0) is 11.3 Å². The Kier molecular flexibility index (Phi) is 8.40. The van der Waals surface area contributed by atoms with Crippen LogP contribution in [0.4, 0.5) is 5.69 Å². The highest BCUT2D eigenvalue weighted by molar-refractivity contribution is 9.10. The molecule has 1 amide bonds. The molecule has 0 radical (unpaired) electrons. The maximum absolute atomic E-state index is 12.4. The van der Waals surface area contributed by atoms with Gasteiger partial charge in [0, 0.05) is 11.0 Å². The third-order valence-corrected chi connectivity index (χ3v) is 6.25. The molecule has 1 heterocycles. The van der Waals surface area contributed by atoms with Crippen LogP contribution < -0.4 is 10.1 Å². The van der Waals surface area contributed by atoms with Gasteiger partial charge >= 0.3 is 0 Å². The number of nitrogens with one attached hydrogen (secondary N) is 1. The summed E-state index contributed by atoms with van der Waals surface area (Å²) >= 11 is 11.0. The zero-order valence-electron chi connectivity index (χ0n) is 17.5. The van der Waals surface area contributed by atoms with E-state index in [0.717, 1.165) is 10.2 Å². The van der Waals surface area contributed by atoms with Crippen LogP contribution in [0.5, 0.6) is 5.75 Å². The van der Waals surface area contributed by atoms with Crippen molar-refractivity contribution < 1.29 is 9.53 Å². The first-order valence-electron chi connectivity index (χ1n) is 9.86. The van der Waals surface area contributed by atoms with E-state index in [-0.39, 0.29) is 17.8 Å². The zero-order valence-corrected chi connectivity index (χ0v) is 20.7. The van der Waals surface area contributed by atoms with Gasteiger partial charge in [0.25, 0.3) is 0 Å². The number of aromatic nitrogens is 3. The monoisotopic (exact) mass is 522 g/mol. The van der Waals surface area contributed by atoms with E-state index in [9.17, 15) is 4.79 Å². The van der Waals surface area contributed by atoms with Crippen molar-refractivity contribution in [2.75, 3.05) is 11.1 Å². The fraction of sp³-hybridized carbons (Fsp3) is 0.318. The second-order valence-corrected chi connectivity index (χ2v) is 9.56. The van der Waals surface area contributed by atoms with Crippen LogP contribution in [0.2, 0.25) is 5.02 Å². The standard InChI is InChI=1S/C22H24BrClN4O2S/c1-14(2)12-28-21(15(3)30-19-11-7-5-9-17(19)24)26-27-22(28)31-13-20(29)25-18-10-6-4-8-16(18)23/h4-11,14-15H,12-13H2,1-3H3,(H,25,29). The molecule has 164 valence electrons. The van der Waals surface area contributed by atoms with Crippen molar-refractivity contribution in [3.05, 3.63) is 63.9 Å². The molecule has 0 bridgehead atoms. The van der Waals surface area contributed by atoms with Crippen LogP contribution >= 0.6 is 39.3 Å². The minimum absolute atomic E-state index is 0.113. The van der Waals surface area contributed by atoms with Crippen LogP contribution in [0.15, 0.2) is 58.2 Å². The number of hydrogen-bond donors (Lipinski definition) is 1. The van der Waals surface area contributed by atoms with Gasteiger partial charge in [0.05, 0.1) is 16.5 Å². The molecule has 9 heteroatoms. The average molecular weight is 524 g/mol. The number of benzene rings is 2. The Morgan fingerprint density at radius 1 is 1.16 bits per heavy atom. The molecule has 0 saturated carbocycles. The van der Waals surface area contributed by atoms with Crippen molar-refractivity contribution in [3.8, 4) is 5.75 Å². The number of halogens is 2. The van der Waals surface area contributed by atoms with Crippen molar-refractivity contribution in [2.45, 2.75) is 38.6 Å². The number of thioether (sulfide) groups is 1. The molecule has 3 rings (SSSR count). The predicted octanol–water partition coefficient (Wildman–Crippen LogP) is 6.22. The minimum atomic E-state index is -0.352. The predicted molar refractivity (Wildman–Crippen MR) is 129 cm³/mol. The largest absolute Gasteiger partial charge is 0.481 e. The van der Waals surface area contributed by atoms with E-state index in [1.807, 2.05) is 54.0 Å². The van der Waals surface area contributed by atoms with E-state index in [1.54, 1.807) is 6.07 Å². The van der Waals surface area contributed by atoms with E-state index < -0.39 is 0 Å². The van der Waals surface area contributed by atoms with Gasteiger partial charge in [0.15, 0.2) is 17.1 Å². The lowest BCUT2D eigenvalue weighted by Gasteiger charge is -2.18. The molecule has 0 saturated heterocycles. The Balaban J connectivity index is 1.72. The average Bonchev–Trinajstić information content (AvgIpc) is 3.12. The highest BCUT2D eigenvalue weighted by atomic mass is 79.9. The maximum Gasteiger partial charge on any atom is 0.234 e. The molecule has 0 spiro atoms. The van der Waals surface area contributed by atoms with Crippen LogP contribution in [0.3, 0.4) is 0 Å². The summed E-state index contributed by atoms with van der Waals surface area (Å²) in [5, 5.41) is 12.8. The highest BCUT2D eigenvalue weighted by Crippen LogP contribution is 2.30. The minimum Gasteiger partial charge on any atom is -0.481 e. The van der Waals surface area contributed by atoms with E-state index in [2.05, 4.69) is 45.3 Å². The highest BCUT2D eigenvalue weighted by Gasteiger charge is 2.21. The quantitative estimate of drug-likeness (QED) is 0.337. The second-order valence-electron chi connectivity index (χ2n) is 7.35. The van der Waals surface area contributed by atoms with Gasteiger partial charge in [-0.25, -0.2) is 0 Å². The molecular formula is C22H24BrClN4O2S. The van der Waals surface area contributed by atoms with Crippen molar-refractivity contribution in [3.63, 3.8) is 0 Å². The first-order valence-corrected chi connectivity index (χ1v) is 12.0. The van der Waals surface area contributed by atoms with Gasteiger partial charge < -0.3 is 14.6 Å². The summed E-state index contributed by atoms with van der Waals surface area (Å²) in [5.41, 5.74) is 0.735. The Hall–Kier alpha value is -2.03. The summed E-state index contributed by atoms with van der Waals surface area (Å²) in [4.78, 5) is 12.4. The Morgan fingerprint density at radius 2 is 1.87 bits per heavy atom. The summed E-state index contributed by atoms with van der Waals surface area (Å²) in [6, 6.07) is 14.8. The van der Waals surface area contributed by atoms with Crippen LogP contribution in [0.25, 0.3) is 0 Å². The van der Waals surface area contributed by atoms with Crippen molar-refractivity contribution in [2.24, 2.45) is 5.92 Å². The molecular weight excluding hydrogens is 500 g/mol. The molecule has 1 N–H and O–H groups in total. The van der Waals surface area contributed by atoms with Gasteiger partial charge in [-0.05, 0) is 53.0 Å². The molecule has 1 aromatic heterocycles. The first-order chi connectivity index (χ1) is 14.8. The molecule has 6 nitrogen and oxygen atoms in total. The van der Waals surface area contributed by atoms with Crippen molar-refractivity contribution >= 4 is 50.9 Å². The summed E-state index contributed by atoms with van der Waals surface area (Å²) in [6.45, 7) is 6.87. The summed E-state index contributed by atoms with van der Waals surface area (Å²) < 4.78 is 8.89. The van der Waals surface area contributed by atoms with Gasteiger partial charge in [-0.3, -0.25) is 4.79 Å². The number of carbonyl (C=O) groups is 1. The SMILES string of the molecule is CC(C)Cn1c(SCC(=O)Nc2ccccc2Br)nnc1C(C)Oc1ccccc1Cl. The number of anilines is 1. The van der Waals surface area contributed by atoms with E-state index in [1.165, 1.54) is 11.8 Å². The molecule has 1 unspecified atom stereocenters. The third kappa shape index (κ3) is 6.48. The van der Waals surface area contributed by atoms with Gasteiger partial charge in [-0.15, -0.1) is 10.2 Å². The molecule has 2 aromatic carbocycles. The van der Waals surface area contributed by atoms with Gasteiger partial charge in [0.2, 0.25) is 5.91 Å². The number of carbonyl (C=O) groups excluding carboxylic acids is 1. The van der Waals surface area contributed by atoms with Crippen LogP contribution in [-0.4, -0.2) is 26.4 Å². The molecule has 31 heavy (non-hydrogen) atoms. The number of para-hydroxylation sites is 2. The molecule has 0 fully saturated rings. The lowest BCUT2D eigenvalue weighted by molar-refractivity contribution is -0.113. The Labute approximate surface area is 199 Å². The van der Waals surface area contributed by atoms with Gasteiger partial charge in [-0.1, -0.05) is 61.5 Å². The maximum atomic E-state index is 12.4. The Morgan fingerprint density at radius 3 is 2.58 bits per heavy atom. The molecule has 0 aliphatic rings. The van der Waals surface area contributed by atoms with Gasteiger partial charge in [0.1, 0.15) is 5.75 Å². The summed E-state index contributed by atoms with van der Waals surface area (Å²) in [6.07, 6.45) is -0.352. The van der Waals surface area contributed by atoms with E-state index in [0.29, 0.717) is 34.2 Å². The lowest BCUT2D eigenvalue weighted by Crippen LogP contribution is -2.17. The lowest BCUT2D eigenvalue weighted by atomic mass is 10.2. The smallest absolute Gasteiger partial charge is 0.234 e. The molecule has 0 aliphatic heterocycles. The van der Waals surface area contributed by atoms with Crippen molar-refractivity contribution in [1.29, 1.82) is 0 Å². The fourth-order valence-electron chi connectivity index (χ4n) is 2.91. The molecule has 1 atom stereocenters. The number of ether oxygens (including phenoxy) is 1. The summed E-state index contributed by atoms with van der Waals surface area (Å²) in [5.74, 6) is 1.77.